The summed E-state index contributed by atoms with van der Waals surface area (Å²) in [6, 6.07) is 6.52. The van der Waals surface area contributed by atoms with Crippen LogP contribution in [0, 0.1) is 5.82 Å². The van der Waals surface area contributed by atoms with Gasteiger partial charge in [0, 0.05) is 39.1 Å². The van der Waals surface area contributed by atoms with Gasteiger partial charge in [-0.2, -0.15) is 0 Å². The number of benzene rings is 1. The maximum atomic E-state index is 13.2. The van der Waals surface area contributed by atoms with Gasteiger partial charge in [-0.25, -0.2) is 4.39 Å². The van der Waals surface area contributed by atoms with Crippen LogP contribution in [0.1, 0.15) is 44.8 Å². The van der Waals surface area contributed by atoms with Crippen LogP contribution in [0.15, 0.2) is 29.3 Å². The van der Waals surface area contributed by atoms with E-state index < -0.39 is 0 Å². The molecule has 2 atom stereocenters. The summed E-state index contributed by atoms with van der Waals surface area (Å²) in [4.78, 5) is 20.6. The van der Waals surface area contributed by atoms with E-state index >= 15 is 0 Å². The van der Waals surface area contributed by atoms with E-state index in [0.29, 0.717) is 19.5 Å². The monoisotopic (exact) mass is 518 g/mol. The summed E-state index contributed by atoms with van der Waals surface area (Å²) in [7, 11) is 0. The van der Waals surface area contributed by atoms with Crippen molar-refractivity contribution in [3.05, 3.63) is 35.6 Å². The molecule has 1 amide bonds. The normalized spacial score (nSPS) is 22.6. The van der Waals surface area contributed by atoms with Gasteiger partial charge in [0.2, 0.25) is 5.91 Å². The molecule has 0 radical (unpaired) electrons. The first kappa shape index (κ1) is 23.9. The third kappa shape index (κ3) is 6.80. The third-order valence-corrected chi connectivity index (χ3v) is 5.16. The number of carbonyl (C=O) groups excluding carboxylic acids is 1. The molecule has 3 rings (SSSR count). The van der Waals surface area contributed by atoms with Gasteiger partial charge in [-0.3, -0.25) is 9.79 Å². The van der Waals surface area contributed by atoms with Crippen LogP contribution >= 0.6 is 24.0 Å². The number of hydrogen-bond acceptors (Lipinski definition) is 3. The van der Waals surface area contributed by atoms with E-state index in [2.05, 4.69) is 17.1 Å². The molecule has 2 unspecified atom stereocenters. The first-order chi connectivity index (χ1) is 13.6. The lowest BCUT2D eigenvalue weighted by molar-refractivity contribution is -0.127. The van der Waals surface area contributed by atoms with E-state index in [1.807, 2.05) is 11.8 Å². The van der Waals surface area contributed by atoms with Crippen molar-refractivity contribution in [3.8, 4) is 0 Å². The lowest BCUT2D eigenvalue weighted by Crippen LogP contribution is -2.50. The Bertz CT molecular complexity index is 686. The summed E-state index contributed by atoms with van der Waals surface area (Å²) in [5.41, 5.74) is 0.973. The fraction of sp³-hybridized carbons (Fsp3) is 0.619. The zero-order chi connectivity index (χ0) is 19.9. The van der Waals surface area contributed by atoms with Crippen molar-refractivity contribution in [2.24, 2.45) is 4.99 Å². The molecule has 0 saturated carbocycles. The van der Waals surface area contributed by atoms with Crippen molar-refractivity contribution in [2.45, 2.75) is 45.3 Å². The van der Waals surface area contributed by atoms with Crippen molar-refractivity contribution in [3.63, 3.8) is 0 Å². The van der Waals surface area contributed by atoms with Crippen LogP contribution in [0.25, 0.3) is 0 Å². The third-order valence-electron chi connectivity index (χ3n) is 5.16. The highest BCUT2D eigenvalue weighted by molar-refractivity contribution is 14.0. The van der Waals surface area contributed by atoms with Crippen molar-refractivity contribution in [1.29, 1.82) is 0 Å². The minimum atomic E-state index is -0.240. The molecule has 2 aliphatic heterocycles. The second-order valence-electron chi connectivity index (χ2n) is 7.47. The summed E-state index contributed by atoms with van der Waals surface area (Å²) in [6.07, 6.45) is 2.45. The molecule has 2 aliphatic rings. The molecule has 2 fully saturated rings. The first-order valence-electron chi connectivity index (χ1n) is 10.3. The van der Waals surface area contributed by atoms with E-state index in [0.717, 1.165) is 50.5 Å². The van der Waals surface area contributed by atoms with E-state index in [4.69, 9.17) is 9.73 Å². The molecule has 1 aromatic rings. The summed E-state index contributed by atoms with van der Waals surface area (Å²) in [6.45, 7) is 8.66. The minimum absolute atomic E-state index is 0. The van der Waals surface area contributed by atoms with E-state index in [9.17, 15) is 9.18 Å². The van der Waals surface area contributed by atoms with Crippen LogP contribution in [0.4, 0.5) is 4.39 Å². The van der Waals surface area contributed by atoms with Crippen LogP contribution in [0.2, 0.25) is 0 Å². The standard InChI is InChI=1S/C21H31FN4O2.HI/c1-3-23-21(24-11-5-13-25-12-4-6-20(25)27)26-14-16(2)28-19(15-26)17-7-9-18(22)10-8-17;/h7-10,16,19H,3-6,11-15H2,1-2H3,(H,23,24);1H. The van der Waals surface area contributed by atoms with Gasteiger partial charge in [0.25, 0.3) is 0 Å². The highest BCUT2D eigenvalue weighted by Gasteiger charge is 2.28. The number of ether oxygens (including phenoxy) is 1. The van der Waals surface area contributed by atoms with Crippen molar-refractivity contribution in [1.82, 2.24) is 15.1 Å². The predicted octanol–water partition coefficient (Wildman–Crippen LogP) is 3.18. The molecule has 1 aromatic carbocycles. The Hall–Kier alpha value is -1.42. The van der Waals surface area contributed by atoms with Gasteiger partial charge >= 0.3 is 0 Å². The number of guanidine groups is 1. The number of likely N-dealkylation sites (tertiary alicyclic amines) is 1. The maximum absolute atomic E-state index is 13.2. The number of morpholine rings is 1. The number of nitrogens with one attached hydrogen (secondary N) is 1. The average Bonchev–Trinajstić information content (AvgIpc) is 3.09. The molecule has 0 spiro atoms. The van der Waals surface area contributed by atoms with Crippen LogP contribution in [0.3, 0.4) is 0 Å². The van der Waals surface area contributed by atoms with Crippen molar-refractivity contribution >= 4 is 35.8 Å². The van der Waals surface area contributed by atoms with Gasteiger partial charge in [-0.05, 0) is 44.4 Å². The van der Waals surface area contributed by atoms with Gasteiger partial charge in [-0.15, -0.1) is 24.0 Å². The van der Waals surface area contributed by atoms with Gasteiger partial charge < -0.3 is 19.9 Å². The van der Waals surface area contributed by atoms with E-state index in [1.165, 1.54) is 12.1 Å². The quantitative estimate of drug-likeness (QED) is 0.272. The fourth-order valence-corrected chi connectivity index (χ4v) is 3.80. The minimum Gasteiger partial charge on any atom is -0.367 e. The molecule has 162 valence electrons. The summed E-state index contributed by atoms with van der Waals surface area (Å²) >= 11 is 0. The molecule has 0 bridgehead atoms. The Morgan fingerprint density at radius 2 is 2.07 bits per heavy atom. The van der Waals surface area contributed by atoms with Crippen molar-refractivity contribution in [2.75, 3.05) is 39.3 Å². The number of nitrogens with zero attached hydrogens (tertiary/aromatic N) is 3. The number of rotatable bonds is 6. The summed E-state index contributed by atoms with van der Waals surface area (Å²) < 4.78 is 19.3. The number of carbonyl (C=O) groups is 1. The molecule has 2 heterocycles. The van der Waals surface area contributed by atoms with Crippen LogP contribution in [-0.4, -0.2) is 67.0 Å². The fourth-order valence-electron chi connectivity index (χ4n) is 3.80. The Kier molecular flexibility index (Phi) is 9.61. The molecule has 6 nitrogen and oxygen atoms in total. The predicted molar refractivity (Wildman–Crippen MR) is 123 cm³/mol. The molecule has 0 aromatic heterocycles. The van der Waals surface area contributed by atoms with Gasteiger partial charge in [0.15, 0.2) is 5.96 Å². The molecule has 1 N–H and O–H groups in total. The Morgan fingerprint density at radius 1 is 1.31 bits per heavy atom. The van der Waals surface area contributed by atoms with E-state index in [-0.39, 0.29) is 47.9 Å². The Morgan fingerprint density at radius 3 is 2.72 bits per heavy atom. The SMILES string of the molecule is CCNC(=NCCCN1CCCC1=O)N1CC(C)OC(c2ccc(F)cc2)C1.I. The smallest absolute Gasteiger partial charge is 0.222 e. The summed E-state index contributed by atoms with van der Waals surface area (Å²) in [5.74, 6) is 0.897. The van der Waals surface area contributed by atoms with Gasteiger partial charge in [0.1, 0.15) is 11.9 Å². The Balaban J connectivity index is 0.00000300. The largest absolute Gasteiger partial charge is 0.367 e. The molecule has 2 saturated heterocycles. The highest BCUT2D eigenvalue weighted by Crippen LogP contribution is 2.25. The zero-order valence-electron chi connectivity index (χ0n) is 17.3. The van der Waals surface area contributed by atoms with Crippen LogP contribution < -0.4 is 5.32 Å². The van der Waals surface area contributed by atoms with Crippen LogP contribution in [-0.2, 0) is 9.53 Å². The summed E-state index contributed by atoms with van der Waals surface area (Å²) in [5, 5.41) is 3.37. The highest BCUT2D eigenvalue weighted by atomic mass is 127. The molecule has 8 heteroatoms. The number of halogens is 2. The van der Waals surface area contributed by atoms with Crippen molar-refractivity contribution < 1.29 is 13.9 Å². The zero-order valence-corrected chi connectivity index (χ0v) is 19.6. The first-order valence-corrected chi connectivity index (χ1v) is 10.3. The average molecular weight is 518 g/mol. The van der Waals surface area contributed by atoms with Crippen LogP contribution in [0.5, 0.6) is 0 Å². The molecular weight excluding hydrogens is 486 g/mol. The second-order valence-corrected chi connectivity index (χ2v) is 7.47. The molecular formula is C21H32FIN4O2. The lowest BCUT2D eigenvalue weighted by Gasteiger charge is -2.38. The number of amides is 1. The Labute approximate surface area is 189 Å². The molecule has 29 heavy (non-hydrogen) atoms. The maximum Gasteiger partial charge on any atom is 0.222 e. The second kappa shape index (κ2) is 11.7. The molecule has 0 aliphatic carbocycles. The van der Waals surface area contributed by atoms with Gasteiger partial charge in [0.05, 0.1) is 12.6 Å². The van der Waals surface area contributed by atoms with E-state index in [1.54, 1.807) is 12.1 Å². The number of hydrogen-bond donors (Lipinski definition) is 1. The lowest BCUT2D eigenvalue weighted by atomic mass is 10.1. The number of aliphatic imine (C=N–C) groups is 1. The topological polar surface area (TPSA) is 57.2 Å². The van der Waals surface area contributed by atoms with Gasteiger partial charge in [-0.1, -0.05) is 12.1 Å².